The normalized spacial score (nSPS) is 14.1. The maximum absolute atomic E-state index is 9.57. The molecule has 1 heterocycles. The second-order valence-corrected chi connectivity index (χ2v) is 6.00. The quantitative estimate of drug-likeness (QED) is 0.906. The molecule has 0 unspecified atom stereocenters. The van der Waals surface area contributed by atoms with Crippen LogP contribution in [0.15, 0.2) is 29.8 Å². The fourth-order valence-electron chi connectivity index (χ4n) is 3.19. The minimum atomic E-state index is 0.159. The van der Waals surface area contributed by atoms with Gasteiger partial charge in [-0.05, 0) is 61.3 Å². The van der Waals surface area contributed by atoms with Gasteiger partial charge in [-0.2, -0.15) is 10.5 Å². The molecule has 5 heteroatoms. The van der Waals surface area contributed by atoms with Crippen LogP contribution in [0.25, 0.3) is 17.2 Å². The minimum Gasteiger partial charge on any atom is -0.494 e. The van der Waals surface area contributed by atoms with Crippen LogP contribution in [0.2, 0.25) is 0 Å². The third-order valence-electron chi connectivity index (χ3n) is 4.49. The molecule has 2 aromatic rings. The molecule has 1 aliphatic carbocycles. The van der Waals surface area contributed by atoms with E-state index in [1.165, 1.54) is 0 Å². The van der Waals surface area contributed by atoms with Crippen LogP contribution in [0.5, 0.6) is 5.75 Å². The van der Waals surface area contributed by atoms with Gasteiger partial charge in [-0.25, -0.2) is 4.98 Å². The molecule has 3 rings (SSSR count). The number of allylic oxidation sites excluding steroid dienone is 3. The molecule has 0 atom stereocenters. The SMILES string of the molecule is CCOc1ccc(/C=C2\C(C)=C(C#N)c3nc(N)c(C#N)c(C)c32)cc1. The summed E-state index contributed by atoms with van der Waals surface area (Å²) in [6.07, 6.45) is 2.00. The minimum absolute atomic E-state index is 0.159. The molecule has 1 aromatic carbocycles. The van der Waals surface area contributed by atoms with Gasteiger partial charge in [0.25, 0.3) is 0 Å². The second kappa shape index (κ2) is 6.74. The van der Waals surface area contributed by atoms with E-state index in [9.17, 15) is 10.5 Å². The Bertz CT molecular complexity index is 1030. The first-order valence-electron chi connectivity index (χ1n) is 8.28. The number of nitrogens with zero attached hydrogens (tertiary/aromatic N) is 3. The van der Waals surface area contributed by atoms with Crippen molar-refractivity contribution < 1.29 is 4.74 Å². The molecule has 0 spiro atoms. The monoisotopic (exact) mass is 342 g/mol. The molecule has 0 aliphatic heterocycles. The number of hydrogen-bond acceptors (Lipinski definition) is 5. The van der Waals surface area contributed by atoms with E-state index < -0.39 is 0 Å². The Morgan fingerprint density at radius 3 is 2.42 bits per heavy atom. The highest BCUT2D eigenvalue weighted by Gasteiger charge is 2.29. The van der Waals surface area contributed by atoms with Crippen molar-refractivity contribution in [3.8, 4) is 17.9 Å². The number of nitriles is 2. The van der Waals surface area contributed by atoms with Crippen LogP contribution >= 0.6 is 0 Å². The van der Waals surface area contributed by atoms with E-state index in [0.717, 1.165) is 33.6 Å². The van der Waals surface area contributed by atoms with E-state index >= 15 is 0 Å². The van der Waals surface area contributed by atoms with Crippen LogP contribution in [-0.2, 0) is 0 Å². The smallest absolute Gasteiger partial charge is 0.142 e. The molecule has 0 saturated heterocycles. The third-order valence-corrected chi connectivity index (χ3v) is 4.49. The average molecular weight is 342 g/mol. The van der Waals surface area contributed by atoms with Crippen molar-refractivity contribution in [3.63, 3.8) is 0 Å². The zero-order valence-corrected chi connectivity index (χ0v) is 14.9. The van der Waals surface area contributed by atoms with Crippen molar-refractivity contribution in [1.82, 2.24) is 4.98 Å². The molecule has 0 fully saturated rings. The number of hydrogen-bond donors (Lipinski definition) is 1. The van der Waals surface area contributed by atoms with E-state index in [1.807, 2.05) is 51.1 Å². The molecule has 2 N–H and O–H groups in total. The third kappa shape index (κ3) is 2.70. The number of nitrogen functional groups attached to an aromatic ring is 1. The van der Waals surface area contributed by atoms with Crippen LogP contribution < -0.4 is 10.5 Å². The largest absolute Gasteiger partial charge is 0.494 e. The summed E-state index contributed by atoms with van der Waals surface area (Å²) in [5.41, 5.74) is 11.6. The predicted molar refractivity (Wildman–Crippen MR) is 102 cm³/mol. The lowest BCUT2D eigenvalue weighted by molar-refractivity contribution is 0.340. The van der Waals surface area contributed by atoms with E-state index in [1.54, 1.807) is 0 Å². The van der Waals surface area contributed by atoms with Gasteiger partial charge in [0.1, 0.15) is 23.7 Å². The number of benzene rings is 1. The second-order valence-electron chi connectivity index (χ2n) is 6.00. The highest BCUT2D eigenvalue weighted by atomic mass is 16.5. The summed E-state index contributed by atoms with van der Waals surface area (Å²) in [6.45, 7) is 6.29. The Hall–Kier alpha value is -3.57. The van der Waals surface area contributed by atoms with Crippen LogP contribution in [0.4, 0.5) is 5.82 Å². The van der Waals surface area contributed by atoms with Gasteiger partial charge < -0.3 is 10.5 Å². The van der Waals surface area contributed by atoms with E-state index in [0.29, 0.717) is 23.4 Å². The van der Waals surface area contributed by atoms with Gasteiger partial charge in [0.2, 0.25) is 0 Å². The number of anilines is 1. The number of nitrogens with two attached hydrogens (primary N) is 1. The standard InChI is InChI=1S/C21H18N4O/c1-4-26-15-7-5-14(6-8-15)9-16-12(2)17(10-22)20-19(16)13(3)18(11-23)21(24)25-20/h5-9H,4H2,1-3H3,(H2,24,25)/b16-9+. The molecule has 0 amide bonds. The average Bonchev–Trinajstić information content (AvgIpc) is 2.88. The highest BCUT2D eigenvalue weighted by molar-refractivity contribution is 6.08. The lowest BCUT2D eigenvalue weighted by Crippen LogP contribution is -2.03. The predicted octanol–water partition coefficient (Wildman–Crippen LogP) is 4.09. The van der Waals surface area contributed by atoms with Crippen LogP contribution in [0.1, 0.15) is 41.8 Å². The first-order chi connectivity index (χ1) is 12.5. The molecule has 1 aliphatic rings. The fourth-order valence-corrected chi connectivity index (χ4v) is 3.19. The topological polar surface area (TPSA) is 95.7 Å². The molecular formula is C21H18N4O. The molecule has 0 radical (unpaired) electrons. The molecule has 26 heavy (non-hydrogen) atoms. The summed E-state index contributed by atoms with van der Waals surface area (Å²) in [5, 5.41) is 19.0. The maximum Gasteiger partial charge on any atom is 0.142 e. The number of ether oxygens (including phenoxy) is 1. The Balaban J connectivity index is 2.19. The van der Waals surface area contributed by atoms with Crippen molar-refractivity contribution >= 4 is 23.0 Å². The molecule has 1 aromatic heterocycles. The van der Waals surface area contributed by atoms with Gasteiger partial charge in [-0.15, -0.1) is 0 Å². The number of fused-ring (bicyclic) bond motifs is 1. The summed E-state index contributed by atoms with van der Waals surface area (Å²) in [5.74, 6) is 0.968. The van der Waals surface area contributed by atoms with Crippen LogP contribution in [0, 0.1) is 29.6 Å². The van der Waals surface area contributed by atoms with Gasteiger partial charge in [0.15, 0.2) is 0 Å². The molecule has 0 saturated carbocycles. The summed E-state index contributed by atoms with van der Waals surface area (Å²) in [4.78, 5) is 4.33. The van der Waals surface area contributed by atoms with Gasteiger partial charge in [0.05, 0.1) is 23.4 Å². The van der Waals surface area contributed by atoms with E-state index in [-0.39, 0.29) is 5.82 Å². The molecule has 0 bridgehead atoms. The Morgan fingerprint density at radius 2 is 1.85 bits per heavy atom. The first kappa shape index (κ1) is 17.3. The first-order valence-corrected chi connectivity index (χ1v) is 8.28. The summed E-state index contributed by atoms with van der Waals surface area (Å²) < 4.78 is 5.47. The van der Waals surface area contributed by atoms with Crippen molar-refractivity contribution in [2.45, 2.75) is 20.8 Å². The van der Waals surface area contributed by atoms with Crippen molar-refractivity contribution in [2.24, 2.45) is 0 Å². The Morgan fingerprint density at radius 1 is 1.15 bits per heavy atom. The fraction of sp³-hybridized carbons (Fsp3) is 0.190. The number of aromatic nitrogens is 1. The maximum atomic E-state index is 9.57. The van der Waals surface area contributed by atoms with Crippen LogP contribution in [-0.4, -0.2) is 11.6 Å². The summed E-state index contributed by atoms with van der Waals surface area (Å²) in [7, 11) is 0. The Labute approximate surface area is 152 Å². The zero-order chi connectivity index (χ0) is 18.8. The van der Waals surface area contributed by atoms with Crippen LogP contribution in [0.3, 0.4) is 0 Å². The van der Waals surface area contributed by atoms with Crippen molar-refractivity contribution in [1.29, 1.82) is 10.5 Å². The van der Waals surface area contributed by atoms with E-state index in [2.05, 4.69) is 17.1 Å². The molecular weight excluding hydrogens is 324 g/mol. The lowest BCUT2D eigenvalue weighted by atomic mass is 9.95. The van der Waals surface area contributed by atoms with Crippen molar-refractivity contribution in [3.05, 3.63) is 57.8 Å². The summed E-state index contributed by atoms with van der Waals surface area (Å²) in [6, 6.07) is 12.1. The number of pyridine rings is 1. The Kier molecular flexibility index (Phi) is 4.47. The highest BCUT2D eigenvalue weighted by Crippen LogP contribution is 2.44. The summed E-state index contributed by atoms with van der Waals surface area (Å²) >= 11 is 0. The number of rotatable bonds is 3. The lowest BCUT2D eigenvalue weighted by Gasteiger charge is -2.11. The van der Waals surface area contributed by atoms with Gasteiger partial charge in [0, 0.05) is 5.56 Å². The van der Waals surface area contributed by atoms with Gasteiger partial charge in [-0.3, -0.25) is 0 Å². The zero-order valence-electron chi connectivity index (χ0n) is 14.9. The van der Waals surface area contributed by atoms with Gasteiger partial charge in [-0.1, -0.05) is 12.1 Å². The van der Waals surface area contributed by atoms with Crippen molar-refractivity contribution in [2.75, 3.05) is 12.3 Å². The molecule has 128 valence electrons. The van der Waals surface area contributed by atoms with Gasteiger partial charge >= 0.3 is 0 Å². The van der Waals surface area contributed by atoms with E-state index in [4.69, 9.17) is 10.5 Å². The molecule has 5 nitrogen and oxygen atoms in total.